The lowest BCUT2D eigenvalue weighted by atomic mass is 10.2. The van der Waals surface area contributed by atoms with Crippen LogP contribution in [0.3, 0.4) is 0 Å². The second-order valence-electron chi connectivity index (χ2n) is 4.43. The Labute approximate surface area is 107 Å². The van der Waals surface area contributed by atoms with Crippen LogP contribution in [0.25, 0.3) is 0 Å². The van der Waals surface area contributed by atoms with Crippen molar-refractivity contribution in [3.8, 4) is 0 Å². The number of rotatable bonds is 7. The van der Waals surface area contributed by atoms with Crippen molar-refractivity contribution in [1.82, 2.24) is 5.32 Å². The average Bonchev–Trinajstić information content (AvgIpc) is 2.13. The summed E-state index contributed by atoms with van der Waals surface area (Å²) < 4.78 is 5.12. The Morgan fingerprint density at radius 1 is 1.25 bits per heavy atom. The topological polar surface area (TPSA) is 38.3 Å². The Hall–Kier alpha value is -0.0300. The van der Waals surface area contributed by atoms with Gasteiger partial charge >= 0.3 is 6.09 Å². The van der Waals surface area contributed by atoms with Gasteiger partial charge < -0.3 is 10.1 Å². The number of carbonyl (C=O) groups excluding carboxylic acids is 1. The number of ether oxygens (including phenoxy) is 1. The van der Waals surface area contributed by atoms with Crippen molar-refractivity contribution in [2.24, 2.45) is 0 Å². The Morgan fingerprint density at radius 2 is 1.88 bits per heavy atom. The molecule has 1 N–H and O–H groups in total. The van der Waals surface area contributed by atoms with Crippen LogP contribution in [-0.2, 0) is 4.74 Å². The molecule has 0 bridgehead atoms. The van der Waals surface area contributed by atoms with Crippen molar-refractivity contribution in [3.05, 3.63) is 0 Å². The molecule has 0 atom stereocenters. The maximum Gasteiger partial charge on any atom is 0.407 e. The van der Waals surface area contributed by atoms with Crippen LogP contribution < -0.4 is 5.32 Å². The number of hydrogen-bond acceptors (Lipinski definition) is 4. The van der Waals surface area contributed by atoms with E-state index in [0.717, 1.165) is 5.75 Å². The minimum Gasteiger partial charge on any atom is -0.444 e. The van der Waals surface area contributed by atoms with Crippen molar-refractivity contribution in [2.75, 3.05) is 18.1 Å². The molecule has 0 unspecified atom stereocenters. The predicted molar refractivity (Wildman–Crippen MR) is 74.1 cm³/mol. The first-order chi connectivity index (χ1) is 7.45. The molecule has 0 fully saturated rings. The van der Waals surface area contributed by atoms with Gasteiger partial charge in [0.25, 0.3) is 0 Å². The highest BCUT2D eigenvalue weighted by atomic mass is 33.1. The quantitative estimate of drug-likeness (QED) is 0.563. The fourth-order valence-electron chi connectivity index (χ4n) is 0.830. The van der Waals surface area contributed by atoms with Gasteiger partial charge in [0, 0.05) is 18.1 Å². The lowest BCUT2D eigenvalue weighted by Crippen LogP contribution is -2.33. The third kappa shape index (κ3) is 12.0. The first kappa shape index (κ1) is 16.0. The standard InChI is InChI=1S/C11H23NO2S2/c1-5-6-8-15-16-9-7-12-10(13)14-11(2,3)4/h5-9H2,1-4H3,(H,12,13). The van der Waals surface area contributed by atoms with Crippen molar-refractivity contribution >= 4 is 27.7 Å². The molecule has 0 aliphatic heterocycles. The van der Waals surface area contributed by atoms with Gasteiger partial charge in [0.15, 0.2) is 0 Å². The molecule has 0 aromatic heterocycles. The highest BCUT2D eigenvalue weighted by Crippen LogP contribution is 2.21. The van der Waals surface area contributed by atoms with Gasteiger partial charge in [-0.1, -0.05) is 34.9 Å². The fourth-order valence-corrected chi connectivity index (χ4v) is 2.97. The van der Waals surface area contributed by atoms with Crippen LogP contribution in [0.5, 0.6) is 0 Å². The van der Waals surface area contributed by atoms with Gasteiger partial charge in [0.1, 0.15) is 5.60 Å². The van der Waals surface area contributed by atoms with Gasteiger partial charge in [0.05, 0.1) is 0 Å². The largest absolute Gasteiger partial charge is 0.444 e. The molecule has 0 saturated heterocycles. The molecule has 96 valence electrons. The van der Waals surface area contributed by atoms with Gasteiger partial charge in [-0.15, -0.1) is 0 Å². The van der Waals surface area contributed by atoms with E-state index in [-0.39, 0.29) is 6.09 Å². The minimum atomic E-state index is -0.410. The summed E-state index contributed by atoms with van der Waals surface area (Å²) in [4.78, 5) is 11.2. The lowest BCUT2D eigenvalue weighted by Gasteiger charge is -2.19. The normalized spacial score (nSPS) is 11.2. The van der Waals surface area contributed by atoms with Crippen molar-refractivity contribution in [1.29, 1.82) is 0 Å². The molecule has 0 aliphatic rings. The van der Waals surface area contributed by atoms with E-state index in [1.54, 1.807) is 10.8 Å². The third-order valence-electron chi connectivity index (χ3n) is 1.52. The highest BCUT2D eigenvalue weighted by Gasteiger charge is 2.15. The van der Waals surface area contributed by atoms with Gasteiger partial charge in [-0.25, -0.2) is 4.79 Å². The Morgan fingerprint density at radius 3 is 2.44 bits per heavy atom. The van der Waals surface area contributed by atoms with Gasteiger partial charge in [0.2, 0.25) is 0 Å². The minimum absolute atomic E-state index is 0.327. The first-order valence-electron chi connectivity index (χ1n) is 5.67. The molecule has 3 nitrogen and oxygen atoms in total. The average molecular weight is 265 g/mol. The van der Waals surface area contributed by atoms with Crippen LogP contribution in [0.4, 0.5) is 4.79 Å². The van der Waals surface area contributed by atoms with Crippen LogP contribution in [0.15, 0.2) is 0 Å². The molecule has 1 amide bonds. The Balaban J connectivity index is 3.28. The van der Waals surface area contributed by atoms with E-state index < -0.39 is 5.60 Å². The zero-order valence-corrected chi connectivity index (χ0v) is 12.3. The van der Waals surface area contributed by atoms with Crippen LogP contribution in [0, 0.1) is 0 Å². The van der Waals surface area contributed by atoms with E-state index in [9.17, 15) is 4.79 Å². The summed E-state index contributed by atoms with van der Waals surface area (Å²) in [6.45, 7) is 8.44. The molecule has 0 aliphatic carbocycles. The molecule has 0 rings (SSSR count). The summed E-state index contributed by atoms with van der Waals surface area (Å²) in [5, 5.41) is 2.73. The number of nitrogens with one attached hydrogen (secondary N) is 1. The molecule has 0 aromatic carbocycles. The van der Waals surface area contributed by atoms with E-state index in [0.29, 0.717) is 6.54 Å². The molecule has 0 spiro atoms. The SMILES string of the molecule is CCCCSSCCNC(=O)OC(C)(C)C. The van der Waals surface area contributed by atoms with Crippen LogP contribution in [0.1, 0.15) is 40.5 Å². The Bertz CT molecular complexity index is 193. The summed E-state index contributed by atoms with van der Waals surface area (Å²) in [5.74, 6) is 2.11. The lowest BCUT2D eigenvalue weighted by molar-refractivity contribution is 0.0531. The summed E-state index contributed by atoms with van der Waals surface area (Å²) in [7, 11) is 3.67. The third-order valence-corrected chi connectivity index (χ3v) is 4.01. The van der Waals surface area contributed by atoms with Crippen molar-refractivity contribution in [3.63, 3.8) is 0 Å². The van der Waals surface area contributed by atoms with Gasteiger partial charge in [-0.05, 0) is 27.2 Å². The Kier molecular flexibility index (Phi) is 9.03. The van der Waals surface area contributed by atoms with E-state index in [4.69, 9.17) is 4.74 Å². The van der Waals surface area contributed by atoms with Crippen molar-refractivity contribution in [2.45, 2.75) is 46.1 Å². The molecule has 16 heavy (non-hydrogen) atoms. The number of unbranched alkanes of at least 4 members (excludes halogenated alkanes) is 1. The highest BCUT2D eigenvalue weighted by molar-refractivity contribution is 8.76. The summed E-state index contributed by atoms with van der Waals surface area (Å²) in [6.07, 6.45) is 2.17. The number of amides is 1. The number of carbonyl (C=O) groups is 1. The number of hydrogen-bond donors (Lipinski definition) is 1. The van der Waals surface area contributed by atoms with Crippen molar-refractivity contribution < 1.29 is 9.53 Å². The van der Waals surface area contributed by atoms with E-state index in [2.05, 4.69) is 12.2 Å². The zero-order valence-electron chi connectivity index (χ0n) is 10.7. The molecular weight excluding hydrogens is 242 g/mol. The second kappa shape index (κ2) is 9.05. The number of alkyl carbamates (subject to hydrolysis) is 1. The molecule has 0 heterocycles. The van der Waals surface area contributed by atoms with Gasteiger partial charge in [-0.3, -0.25) is 0 Å². The predicted octanol–water partition coefficient (Wildman–Crippen LogP) is 3.69. The van der Waals surface area contributed by atoms with E-state index in [1.807, 2.05) is 31.6 Å². The summed E-state index contributed by atoms with van der Waals surface area (Å²) >= 11 is 0. The molecular formula is C11H23NO2S2. The fraction of sp³-hybridized carbons (Fsp3) is 0.909. The maximum absolute atomic E-state index is 11.2. The second-order valence-corrected chi connectivity index (χ2v) is 7.13. The molecule has 0 radical (unpaired) electrons. The first-order valence-corrected chi connectivity index (χ1v) is 8.16. The van der Waals surface area contributed by atoms with E-state index in [1.165, 1.54) is 18.6 Å². The summed E-state index contributed by atoms with van der Waals surface area (Å²) in [6, 6.07) is 0. The van der Waals surface area contributed by atoms with Gasteiger partial charge in [-0.2, -0.15) is 0 Å². The zero-order chi connectivity index (χ0) is 12.4. The monoisotopic (exact) mass is 265 g/mol. The smallest absolute Gasteiger partial charge is 0.407 e. The molecule has 0 saturated carbocycles. The molecule has 5 heteroatoms. The van der Waals surface area contributed by atoms with Crippen LogP contribution in [0.2, 0.25) is 0 Å². The molecule has 0 aromatic rings. The summed E-state index contributed by atoms with van der Waals surface area (Å²) in [5.41, 5.74) is -0.410. The maximum atomic E-state index is 11.2. The van der Waals surface area contributed by atoms with Crippen LogP contribution in [-0.4, -0.2) is 29.7 Å². The van der Waals surface area contributed by atoms with Crippen LogP contribution >= 0.6 is 21.6 Å². The van der Waals surface area contributed by atoms with E-state index >= 15 is 0 Å².